The summed E-state index contributed by atoms with van der Waals surface area (Å²) < 4.78 is 25.9. The number of guanidine groups is 1. The number of rotatable bonds is 2. The van der Waals surface area contributed by atoms with Crippen LogP contribution < -0.4 is 16.4 Å². The highest BCUT2D eigenvalue weighted by atomic mass is 19.1. The van der Waals surface area contributed by atoms with Crippen molar-refractivity contribution in [2.24, 2.45) is 10.7 Å². The van der Waals surface area contributed by atoms with Crippen LogP contribution in [-0.4, -0.2) is 25.1 Å². The molecule has 1 fully saturated rings. The average molecular weight is 254 g/mol. The first-order chi connectivity index (χ1) is 8.63. The Morgan fingerprint density at radius 2 is 1.83 bits per heavy atom. The number of benzene rings is 1. The van der Waals surface area contributed by atoms with Gasteiger partial charge in [-0.15, -0.1) is 0 Å². The van der Waals surface area contributed by atoms with Crippen LogP contribution in [0.5, 0.6) is 0 Å². The molecule has 0 spiro atoms. The average Bonchev–Trinajstić information content (AvgIpc) is 2.28. The summed E-state index contributed by atoms with van der Waals surface area (Å²) in [6, 6.07) is 3.32. The first-order valence-corrected chi connectivity index (χ1v) is 5.90. The van der Waals surface area contributed by atoms with E-state index in [2.05, 4.69) is 15.6 Å². The second-order valence-corrected chi connectivity index (χ2v) is 4.28. The van der Waals surface area contributed by atoms with Crippen LogP contribution in [0.3, 0.4) is 0 Å². The van der Waals surface area contributed by atoms with Crippen LogP contribution in [-0.2, 0) is 0 Å². The van der Waals surface area contributed by atoms with Gasteiger partial charge in [0, 0.05) is 11.8 Å². The zero-order valence-electron chi connectivity index (χ0n) is 9.92. The lowest BCUT2D eigenvalue weighted by Gasteiger charge is -2.19. The van der Waals surface area contributed by atoms with Gasteiger partial charge >= 0.3 is 0 Å². The maximum atomic E-state index is 13.0. The number of nitrogens with zero attached hydrogens (tertiary/aromatic N) is 1. The first-order valence-electron chi connectivity index (χ1n) is 5.90. The van der Waals surface area contributed by atoms with Gasteiger partial charge in [0.15, 0.2) is 5.96 Å². The number of nitrogens with one attached hydrogen (secondary N) is 2. The minimum absolute atomic E-state index is 0.164. The van der Waals surface area contributed by atoms with E-state index in [4.69, 9.17) is 5.73 Å². The number of halogens is 2. The molecule has 1 heterocycles. The number of hydrogen-bond donors (Lipinski definition) is 3. The second kappa shape index (κ2) is 5.77. The lowest BCUT2D eigenvalue weighted by atomic mass is 10.1. The highest BCUT2D eigenvalue weighted by Gasteiger charge is 2.12. The Hall–Kier alpha value is -1.69. The summed E-state index contributed by atoms with van der Waals surface area (Å²) >= 11 is 0. The second-order valence-electron chi connectivity index (χ2n) is 4.28. The highest BCUT2D eigenvalue weighted by Crippen LogP contribution is 2.13. The van der Waals surface area contributed by atoms with E-state index in [9.17, 15) is 8.78 Å². The molecule has 0 bridgehead atoms. The summed E-state index contributed by atoms with van der Waals surface area (Å²) in [5.74, 6) is -1.11. The van der Waals surface area contributed by atoms with Crippen LogP contribution in [0.15, 0.2) is 23.2 Å². The molecular weight excluding hydrogens is 238 g/mol. The van der Waals surface area contributed by atoms with E-state index in [0.29, 0.717) is 0 Å². The summed E-state index contributed by atoms with van der Waals surface area (Å²) in [6.45, 7) is 1.83. The third kappa shape index (κ3) is 3.66. The van der Waals surface area contributed by atoms with Gasteiger partial charge in [-0.3, -0.25) is 0 Å². The van der Waals surface area contributed by atoms with E-state index in [1.165, 1.54) is 12.1 Å². The van der Waals surface area contributed by atoms with E-state index >= 15 is 0 Å². The van der Waals surface area contributed by atoms with E-state index in [-0.39, 0.29) is 17.7 Å². The number of piperidine rings is 1. The molecular formula is C12H16F2N4. The van der Waals surface area contributed by atoms with Crippen molar-refractivity contribution >= 4 is 11.6 Å². The maximum absolute atomic E-state index is 13.0. The summed E-state index contributed by atoms with van der Waals surface area (Å²) in [5.41, 5.74) is 5.98. The van der Waals surface area contributed by atoms with E-state index in [1.54, 1.807) is 0 Å². The third-order valence-electron chi connectivity index (χ3n) is 2.77. The standard InChI is InChI=1S/C12H16F2N4/c13-8-5-9(14)7-11(6-8)18-12(15)17-10-1-3-16-4-2-10/h5-7,10,16H,1-4H2,(H3,15,17,18). The van der Waals surface area contributed by atoms with E-state index < -0.39 is 11.6 Å². The Morgan fingerprint density at radius 3 is 2.44 bits per heavy atom. The van der Waals surface area contributed by atoms with Crippen LogP contribution in [0.2, 0.25) is 0 Å². The zero-order valence-corrected chi connectivity index (χ0v) is 9.92. The Bertz CT molecular complexity index is 421. The topological polar surface area (TPSA) is 62.4 Å². The van der Waals surface area contributed by atoms with Gasteiger partial charge in [0.1, 0.15) is 11.6 Å². The number of anilines is 1. The lowest BCUT2D eigenvalue weighted by molar-refractivity contribution is 0.459. The predicted octanol–water partition coefficient (Wildman–Crippen LogP) is 1.44. The number of nitrogens with two attached hydrogens (primary N) is 1. The fourth-order valence-corrected chi connectivity index (χ4v) is 1.94. The minimum Gasteiger partial charge on any atom is -0.370 e. The summed E-state index contributed by atoms with van der Waals surface area (Å²) in [6.07, 6.45) is 1.83. The smallest absolute Gasteiger partial charge is 0.193 e. The molecule has 98 valence electrons. The van der Waals surface area contributed by atoms with Gasteiger partial charge in [-0.25, -0.2) is 13.8 Å². The van der Waals surface area contributed by atoms with Crippen molar-refractivity contribution in [3.05, 3.63) is 29.8 Å². The molecule has 1 saturated heterocycles. The molecule has 0 amide bonds. The van der Waals surface area contributed by atoms with Crippen LogP contribution >= 0.6 is 0 Å². The van der Waals surface area contributed by atoms with Gasteiger partial charge in [0.2, 0.25) is 0 Å². The molecule has 1 aliphatic rings. The molecule has 4 nitrogen and oxygen atoms in total. The SMILES string of the molecule is NC(=NC1CCNCC1)Nc1cc(F)cc(F)c1. The van der Waals surface area contributed by atoms with Gasteiger partial charge in [-0.2, -0.15) is 0 Å². The normalized spacial score (nSPS) is 17.8. The molecule has 1 aliphatic heterocycles. The third-order valence-corrected chi connectivity index (χ3v) is 2.77. The molecule has 0 aromatic heterocycles. The van der Waals surface area contributed by atoms with Crippen molar-refractivity contribution in [1.82, 2.24) is 5.32 Å². The fourth-order valence-electron chi connectivity index (χ4n) is 1.94. The molecule has 0 unspecified atom stereocenters. The molecule has 6 heteroatoms. The molecule has 4 N–H and O–H groups in total. The van der Waals surface area contributed by atoms with Gasteiger partial charge in [0.05, 0.1) is 6.04 Å². The van der Waals surface area contributed by atoms with Crippen molar-refractivity contribution in [2.45, 2.75) is 18.9 Å². The molecule has 1 aromatic carbocycles. The van der Waals surface area contributed by atoms with E-state index in [1.807, 2.05) is 0 Å². The molecule has 0 radical (unpaired) electrons. The van der Waals surface area contributed by atoms with Crippen molar-refractivity contribution in [3.8, 4) is 0 Å². The zero-order chi connectivity index (χ0) is 13.0. The molecule has 0 atom stereocenters. The minimum atomic E-state index is -0.646. The summed E-state index contributed by atoms with van der Waals surface area (Å²) in [5, 5.41) is 5.92. The fraction of sp³-hybridized carbons (Fsp3) is 0.417. The molecule has 0 saturated carbocycles. The Labute approximate surface area is 104 Å². The first kappa shape index (κ1) is 12.8. The van der Waals surface area contributed by atoms with Crippen LogP contribution in [0.4, 0.5) is 14.5 Å². The number of aliphatic imine (C=N–C) groups is 1. The van der Waals surface area contributed by atoms with Crippen molar-refractivity contribution in [3.63, 3.8) is 0 Å². The Balaban J connectivity index is 2.01. The van der Waals surface area contributed by atoms with Crippen LogP contribution in [0.25, 0.3) is 0 Å². The molecule has 2 rings (SSSR count). The largest absolute Gasteiger partial charge is 0.370 e. The predicted molar refractivity (Wildman–Crippen MR) is 67.5 cm³/mol. The maximum Gasteiger partial charge on any atom is 0.193 e. The molecule has 0 aliphatic carbocycles. The van der Waals surface area contributed by atoms with Gasteiger partial charge < -0.3 is 16.4 Å². The van der Waals surface area contributed by atoms with Gasteiger partial charge in [-0.1, -0.05) is 0 Å². The monoisotopic (exact) mass is 254 g/mol. The van der Waals surface area contributed by atoms with Crippen LogP contribution in [0.1, 0.15) is 12.8 Å². The van der Waals surface area contributed by atoms with Crippen molar-refractivity contribution in [1.29, 1.82) is 0 Å². The Kier molecular flexibility index (Phi) is 4.09. The number of hydrogen-bond acceptors (Lipinski definition) is 2. The van der Waals surface area contributed by atoms with Gasteiger partial charge in [-0.05, 0) is 38.1 Å². The quantitative estimate of drug-likeness (QED) is 0.553. The van der Waals surface area contributed by atoms with Crippen molar-refractivity contribution < 1.29 is 8.78 Å². The lowest BCUT2D eigenvalue weighted by Crippen LogP contribution is -2.33. The Morgan fingerprint density at radius 1 is 1.22 bits per heavy atom. The van der Waals surface area contributed by atoms with Crippen molar-refractivity contribution in [2.75, 3.05) is 18.4 Å². The van der Waals surface area contributed by atoms with Gasteiger partial charge in [0.25, 0.3) is 0 Å². The summed E-state index contributed by atoms with van der Waals surface area (Å²) in [7, 11) is 0. The molecule has 18 heavy (non-hydrogen) atoms. The molecule has 1 aromatic rings. The van der Waals surface area contributed by atoms with Crippen LogP contribution in [0, 0.1) is 11.6 Å². The highest BCUT2D eigenvalue weighted by molar-refractivity contribution is 5.92. The summed E-state index contributed by atoms with van der Waals surface area (Å²) in [4.78, 5) is 4.29. The van der Waals surface area contributed by atoms with E-state index in [0.717, 1.165) is 32.0 Å².